The Balaban J connectivity index is 2.02. The van der Waals surface area contributed by atoms with Gasteiger partial charge in [0.05, 0.1) is 12.1 Å². The van der Waals surface area contributed by atoms with E-state index in [4.69, 9.17) is 15.2 Å². The number of nitrogens with two attached hydrogens (primary N) is 1. The third-order valence-corrected chi connectivity index (χ3v) is 5.63. The van der Waals surface area contributed by atoms with E-state index in [9.17, 15) is 4.79 Å². The molecule has 0 heterocycles. The Morgan fingerprint density at radius 3 is 2.70 bits per heavy atom. The second-order valence-corrected chi connectivity index (χ2v) is 7.66. The third-order valence-electron chi connectivity index (χ3n) is 5.63. The number of hydrogen-bond acceptors (Lipinski definition) is 4. The summed E-state index contributed by atoms with van der Waals surface area (Å²) < 4.78 is 11.0. The number of primary amides is 1. The Morgan fingerprint density at radius 1 is 1.37 bits per heavy atom. The number of nitrogens with one attached hydrogen (secondary N) is 2. The van der Waals surface area contributed by atoms with E-state index in [2.05, 4.69) is 36.4 Å². The number of amides is 1. The topological polar surface area (TPSA) is 98.0 Å². The van der Waals surface area contributed by atoms with Gasteiger partial charge in [-0.15, -0.1) is 0 Å². The fourth-order valence-corrected chi connectivity index (χ4v) is 3.27. The third kappa shape index (κ3) is 4.91. The normalized spacial score (nSPS) is 24.0. The van der Waals surface area contributed by atoms with Crippen molar-refractivity contribution in [1.82, 2.24) is 10.6 Å². The van der Waals surface area contributed by atoms with E-state index in [-0.39, 0.29) is 23.7 Å². The zero-order valence-electron chi connectivity index (χ0n) is 17.0. The van der Waals surface area contributed by atoms with Crippen molar-refractivity contribution in [2.75, 3.05) is 20.3 Å². The average molecular weight is 377 g/mol. The summed E-state index contributed by atoms with van der Waals surface area (Å²) in [7, 11) is 1.77. The lowest BCUT2D eigenvalue weighted by atomic mass is 9.56. The summed E-state index contributed by atoms with van der Waals surface area (Å²) in [4.78, 5) is 15.5. The highest BCUT2D eigenvalue weighted by molar-refractivity contribution is 5.80. The lowest BCUT2D eigenvalue weighted by Crippen LogP contribution is -2.69. The lowest BCUT2D eigenvalue weighted by molar-refractivity contribution is -0.176. The Morgan fingerprint density at radius 2 is 2.11 bits per heavy atom. The van der Waals surface area contributed by atoms with Gasteiger partial charge in [-0.05, 0) is 38.0 Å². The molecule has 0 bridgehead atoms. The summed E-state index contributed by atoms with van der Waals surface area (Å²) in [5, 5.41) is 6.82. The second-order valence-electron chi connectivity index (χ2n) is 7.66. The Bertz CT molecular complexity index is 690. The number of benzene rings is 1. The number of rotatable bonds is 8. The van der Waals surface area contributed by atoms with Gasteiger partial charge in [0.2, 0.25) is 0 Å². The minimum Gasteiger partial charge on any atom is -0.484 e. The van der Waals surface area contributed by atoms with Crippen molar-refractivity contribution >= 4 is 11.9 Å². The summed E-state index contributed by atoms with van der Waals surface area (Å²) in [5.41, 5.74) is 5.97. The van der Waals surface area contributed by atoms with Crippen LogP contribution in [0.4, 0.5) is 0 Å². The molecular weight excluding hydrogens is 344 g/mol. The number of guanidine groups is 1. The predicted octanol–water partition coefficient (Wildman–Crippen LogP) is 1.81. The molecule has 0 saturated heterocycles. The highest BCUT2D eigenvalue weighted by Gasteiger charge is 2.58. The van der Waals surface area contributed by atoms with E-state index >= 15 is 0 Å². The quantitative estimate of drug-likeness (QED) is 0.475. The molecule has 4 N–H and O–H groups in total. The molecule has 2 unspecified atom stereocenters. The van der Waals surface area contributed by atoms with Crippen LogP contribution in [-0.2, 0) is 16.1 Å². The van der Waals surface area contributed by atoms with E-state index in [1.807, 2.05) is 25.1 Å². The summed E-state index contributed by atoms with van der Waals surface area (Å²) in [6, 6.07) is 7.79. The summed E-state index contributed by atoms with van der Waals surface area (Å²) in [6.07, 6.45) is 0.928. The van der Waals surface area contributed by atoms with Crippen LogP contribution in [0.3, 0.4) is 0 Å². The molecule has 1 aliphatic rings. The van der Waals surface area contributed by atoms with Crippen LogP contribution in [0.5, 0.6) is 5.75 Å². The highest BCUT2D eigenvalue weighted by Crippen LogP contribution is 2.51. The highest BCUT2D eigenvalue weighted by atomic mass is 16.5. The molecule has 2 rings (SSSR count). The molecule has 1 aromatic carbocycles. The number of nitrogens with zero attached hydrogens (tertiary/aromatic N) is 1. The van der Waals surface area contributed by atoms with Crippen LogP contribution in [0, 0.1) is 5.41 Å². The number of carbonyl (C=O) groups excluding carboxylic acids is 1. The van der Waals surface area contributed by atoms with Crippen molar-refractivity contribution in [3.05, 3.63) is 29.8 Å². The van der Waals surface area contributed by atoms with E-state index in [1.54, 1.807) is 13.2 Å². The van der Waals surface area contributed by atoms with Gasteiger partial charge in [0.1, 0.15) is 5.75 Å². The maximum Gasteiger partial charge on any atom is 0.255 e. The first-order valence-electron chi connectivity index (χ1n) is 9.32. The number of ether oxygens (including phenoxy) is 2. The minimum absolute atomic E-state index is 0.000455. The molecule has 1 saturated carbocycles. The Labute approximate surface area is 161 Å². The molecule has 1 aliphatic carbocycles. The maximum atomic E-state index is 10.9. The fraction of sp³-hybridized carbons (Fsp3) is 0.600. The standard InChI is InChI=1S/C20H32N4O3/c1-6-22-18(24-16-11-20(4,26-5)19(16,2)3)23-12-14-8-7-9-15(10-14)27-13-17(21)25/h7-10,16H,6,11-13H2,1-5H3,(H2,21,25)(H2,22,23,24). The average Bonchev–Trinajstić information content (AvgIpc) is 2.64. The van der Waals surface area contributed by atoms with Crippen molar-refractivity contribution < 1.29 is 14.3 Å². The van der Waals surface area contributed by atoms with Gasteiger partial charge in [0, 0.05) is 25.1 Å². The fourth-order valence-electron chi connectivity index (χ4n) is 3.27. The van der Waals surface area contributed by atoms with Crippen LogP contribution >= 0.6 is 0 Å². The number of methoxy groups -OCH3 is 1. The Kier molecular flexibility index (Phi) is 6.70. The minimum atomic E-state index is -0.497. The molecule has 7 nitrogen and oxygen atoms in total. The van der Waals surface area contributed by atoms with Crippen LogP contribution in [0.25, 0.3) is 0 Å². The molecule has 0 spiro atoms. The first-order valence-corrected chi connectivity index (χ1v) is 9.32. The Hall–Kier alpha value is -2.28. The molecule has 2 atom stereocenters. The molecule has 0 aliphatic heterocycles. The van der Waals surface area contributed by atoms with Gasteiger partial charge < -0.3 is 25.8 Å². The second kappa shape index (κ2) is 8.61. The zero-order valence-corrected chi connectivity index (χ0v) is 17.0. The molecule has 0 radical (unpaired) electrons. The first kappa shape index (κ1) is 21.0. The number of aliphatic imine (C=N–C) groups is 1. The molecule has 1 amide bonds. The van der Waals surface area contributed by atoms with E-state index < -0.39 is 5.91 Å². The predicted molar refractivity (Wildman–Crippen MR) is 107 cm³/mol. The zero-order chi connectivity index (χ0) is 20.1. The first-order chi connectivity index (χ1) is 12.7. The van der Waals surface area contributed by atoms with Gasteiger partial charge in [-0.25, -0.2) is 4.99 Å². The molecular formula is C20H32N4O3. The number of carbonyl (C=O) groups is 1. The summed E-state index contributed by atoms with van der Waals surface area (Å²) in [6.45, 7) is 9.75. The van der Waals surface area contributed by atoms with E-state index in [0.717, 1.165) is 24.5 Å². The largest absolute Gasteiger partial charge is 0.484 e. The molecule has 1 fully saturated rings. The monoisotopic (exact) mass is 376 g/mol. The van der Waals surface area contributed by atoms with Gasteiger partial charge in [0.25, 0.3) is 5.91 Å². The van der Waals surface area contributed by atoms with Crippen LogP contribution < -0.4 is 21.1 Å². The molecule has 1 aromatic rings. The lowest BCUT2D eigenvalue weighted by Gasteiger charge is -2.59. The van der Waals surface area contributed by atoms with Crippen molar-refractivity contribution in [3.8, 4) is 5.75 Å². The van der Waals surface area contributed by atoms with E-state index in [1.165, 1.54) is 0 Å². The molecule has 150 valence electrons. The molecule has 7 heteroatoms. The smallest absolute Gasteiger partial charge is 0.255 e. The van der Waals surface area contributed by atoms with Crippen LogP contribution in [-0.4, -0.2) is 43.8 Å². The van der Waals surface area contributed by atoms with Gasteiger partial charge >= 0.3 is 0 Å². The molecule has 0 aromatic heterocycles. The molecule has 27 heavy (non-hydrogen) atoms. The van der Waals surface area contributed by atoms with Crippen molar-refractivity contribution in [2.45, 2.75) is 52.3 Å². The van der Waals surface area contributed by atoms with Gasteiger partial charge in [-0.2, -0.15) is 0 Å². The van der Waals surface area contributed by atoms with Crippen LogP contribution in [0.1, 0.15) is 39.7 Å². The van der Waals surface area contributed by atoms with Crippen LogP contribution in [0.15, 0.2) is 29.3 Å². The van der Waals surface area contributed by atoms with Crippen molar-refractivity contribution in [3.63, 3.8) is 0 Å². The number of hydrogen-bond donors (Lipinski definition) is 3. The van der Waals surface area contributed by atoms with Crippen molar-refractivity contribution in [2.24, 2.45) is 16.1 Å². The van der Waals surface area contributed by atoms with Gasteiger partial charge in [-0.3, -0.25) is 4.79 Å². The van der Waals surface area contributed by atoms with Gasteiger partial charge in [0.15, 0.2) is 12.6 Å². The van der Waals surface area contributed by atoms with Crippen molar-refractivity contribution in [1.29, 1.82) is 0 Å². The van der Waals surface area contributed by atoms with E-state index in [0.29, 0.717) is 12.3 Å². The summed E-state index contributed by atoms with van der Waals surface area (Å²) in [5.74, 6) is 0.885. The van der Waals surface area contributed by atoms with Gasteiger partial charge in [-0.1, -0.05) is 26.0 Å². The van der Waals surface area contributed by atoms with Crippen LogP contribution in [0.2, 0.25) is 0 Å². The maximum absolute atomic E-state index is 10.9. The SMILES string of the molecule is CCNC(=NCc1cccc(OCC(N)=O)c1)NC1CC(C)(OC)C1(C)C. The summed E-state index contributed by atoms with van der Waals surface area (Å²) >= 11 is 0.